The average molecular weight is 266 g/mol. The van der Waals surface area contributed by atoms with E-state index in [-0.39, 0.29) is 6.42 Å². The molecule has 0 aromatic heterocycles. The highest BCUT2D eigenvalue weighted by atomic mass is 16.7. The Hall–Kier alpha value is -0.770. The van der Waals surface area contributed by atoms with Gasteiger partial charge in [0.15, 0.2) is 12.4 Å². The van der Waals surface area contributed by atoms with Crippen LogP contribution in [0.1, 0.15) is 13.3 Å². The number of carboxylic acid groups (broad SMARTS) is 1. The van der Waals surface area contributed by atoms with E-state index in [0.29, 0.717) is 0 Å². The minimum atomic E-state index is -1.59. The van der Waals surface area contributed by atoms with E-state index in [0.717, 1.165) is 0 Å². The molecule has 1 aliphatic heterocycles. The van der Waals surface area contributed by atoms with Crippen LogP contribution in [-0.4, -0.2) is 74.9 Å². The van der Waals surface area contributed by atoms with E-state index >= 15 is 0 Å². The molecule has 0 aromatic carbocycles. The highest BCUT2D eigenvalue weighted by Gasteiger charge is 2.45. The third kappa shape index (κ3) is 3.16. The second-order valence-electron chi connectivity index (χ2n) is 4.07. The van der Waals surface area contributed by atoms with Gasteiger partial charge in [0.2, 0.25) is 0 Å². The van der Waals surface area contributed by atoms with Gasteiger partial charge in [0.05, 0.1) is 6.61 Å². The minimum absolute atomic E-state index is 0.143. The first-order chi connectivity index (χ1) is 8.42. The molecule has 8 heteroatoms. The zero-order valence-electron chi connectivity index (χ0n) is 9.84. The van der Waals surface area contributed by atoms with Crippen LogP contribution in [0.15, 0.2) is 0 Å². The monoisotopic (exact) mass is 266 g/mol. The quantitative estimate of drug-likeness (QED) is 0.373. The van der Waals surface area contributed by atoms with Crippen LogP contribution in [-0.2, 0) is 14.3 Å². The van der Waals surface area contributed by atoms with Gasteiger partial charge in [-0.3, -0.25) is 0 Å². The average Bonchev–Trinajstić information content (AvgIpc) is 2.35. The number of rotatable bonds is 5. The van der Waals surface area contributed by atoms with Crippen molar-refractivity contribution in [3.05, 3.63) is 0 Å². The fourth-order valence-electron chi connectivity index (χ4n) is 1.67. The predicted molar refractivity (Wildman–Crippen MR) is 56.6 cm³/mol. The summed E-state index contributed by atoms with van der Waals surface area (Å²) in [6.07, 6.45) is -8.24. The van der Waals surface area contributed by atoms with E-state index in [9.17, 15) is 20.1 Å². The third-order valence-electron chi connectivity index (χ3n) is 2.79. The molecule has 1 fully saturated rings. The lowest BCUT2D eigenvalue weighted by Crippen LogP contribution is -2.60. The maximum Gasteiger partial charge on any atom is 0.332 e. The molecule has 0 aliphatic carbocycles. The van der Waals surface area contributed by atoms with E-state index in [4.69, 9.17) is 19.7 Å². The van der Waals surface area contributed by atoms with E-state index in [1.165, 1.54) is 0 Å². The van der Waals surface area contributed by atoms with Gasteiger partial charge in [-0.1, -0.05) is 6.92 Å². The summed E-state index contributed by atoms with van der Waals surface area (Å²) in [5.74, 6) is -1.23. The maximum atomic E-state index is 10.8. The Morgan fingerprint density at radius 2 is 1.89 bits per heavy atom. The number of aliphatic hydroxyl groups is 4. The maximum absolute atomic E-state index is 10.8. The normalized spacial score (nSPS) is 38.4. The highest BCUT2D eigenvalue weighted by Crippen LogP contribution is 2.23. The first-order valence-electron chi connectivity index (χ1n) is 5.61. The molecule has 1 saturated heterocycles. The largest absolute Gasteiger partial charge is 0.479 e. The van der Waals surface area contributed by atoms with Gasteiger partial charge >= 0.3 is 5.97 Å². The summed E-state index contributed by atoms with van der Waals surface area (Å²) in [7, 11) is 0. The number of ether oxygens (including phenoxy) is 2. The topological polar surface area (TPSA) is 137 Å². The van der Waals surface area contributed by atoms with Crippen molar-refractivity contribution in [2.24, 2.45) is 0 Å². The van der Waals surface area contributed by atoms with E-state index in [1.54, 1.807) is 6.92 Å². The molecular formula is C10H18O8. The van der Waals surface area contributed by atoms with Gasteiger partial charge in [0.25, 0.3) is 0 Å². The highest BCUT2D eigenvalue weighted by molar-refractivity contribution is 5.72. The Labute approximate surface area is 103 Å². The van der Waals surface area contributed by atoms with Gasteiger partial charge in [-0.2, -0.15) is 0 Å². The van der Waals surface area contributed by atoms with Crippen molar-refractivity contribution >= 4 is 5.97 Å². The van der Waals surface area contributed by atoms with Crippen LogP contribution in [0.2, 0.25) is 0 Å². The lowest BCUT2D eigenvalue weighted by Gasteiger charge is -2.40. The van der Waals surface area contributed by atoms with Crippen LogP contribution in [0.4, 0.5) is 0 Å². The van der Waals surface area contributed by atoms with Crippen molar-refractivity contribution < 1.29 is 39.8 Å². The van der Waals surface area contributed by atoms with Crippen molar-refractivity contribution in [3.63, 3.8) is 0 Å². The molecule has 0 saturated carbocycles. The van der Waals surface area contributed by atoms with Gasteiger partial charge in [0.1, 0.15) is 24.4 Å². The molecular weight excluding hydrogens is 248 g/mol. The van der Waals surface area contributed by atoms with Crippen LogP contribution >= 0.6 is 0 Å². The molecule has 18 heavy (non-hydrogen) atoms. The Morgan fingerprint density at radius 1 is 1.28 bits per heavy atom. The Morgan fingerprint density at radius 3 is 2.33 bits per heavy atom. The Kier molecular flexibility index (Phi) is 5.45. The van der Waals surface area contributed by atoms with Gasteiger partial charge in [-0.15, -0.1) is 0 Å². The van der Waals surface area contributed by atoms with Gasteiger partial charge in [0, 0.05) is 0 Å². The van der Waals surface area contributed by atoms with Crippen LogP contribution < -0.4 is 0 Å². The molecule has 0 radical (unpaired) electrons. The first kappa shape index (κ1) is 15.3. The molecule has 6 atom stereocenters. The lowest BCUT2D eigenvalue weighted by atomic mass is 9.99. The Balaban J connectivity index is 2.72. The van der Waals surface area contributed by atoms with Gasteiger partial charge in [-0.25, -0.2) is 4.79 Å². The fraction of sp³-hybridized carbons (Fsp3) is 0.900. The van der Waals surface area contributed by atoms with Gasteiger partial charge < -0.3 is 35.0 Å². The van der Waals surface area contributed by atoms with Gasteiger partial charge in [-0.05, 0) is 6.42 Å². The number of hydrogen-bond acceptors (Lipinski definition) is 7. The van der Waals surface area contributed by atoms with Crippen LogP contribution in [0, 0.1) is 0 Å². The third-order valence-corrected chi connectivity index (χ3v) is 2.79. The minimum Gasteiger partial charge on any atom is -0.479 e. The molecule has 8 nitrogen and oxygen atoms in total. The SMILES string of the molecule is CCC(O[C@H]1OC(CO)[C@@H](O)[C@H](O)C1O)C(=O)O. The summed E-state index contributed by atoms with van der Waals surface area (Å²) in [5.41, 5.74) is 0. The smallest absolute Gasteiger partial charge is 0.332 e. The molecule has 0 amide bonds. The standard InChI is InChI=1S/C10H18O8/c1-2-4(9(15)16)17-10-8(14)7(13)6(12)5(3-11)18-10/h4-8,10-14H,2-3H2,1H3,(H,15,16)/t4?,5?,6-,7+,8?,10+/m1/s1. The zero-order valence-corrected chi connectivity index (χ0v) is 9.84. The number of aliphatic hydroxyl groups excluding tert-OH is 4. The van der Waals surface area contributed by atoms with E-state index in [1.807, 2.05) is 0 Å². The second kappa shape index (κ2) is 6.41. The summed E-state index contributed by atoms with van der Waals surface area (Å²) in [6, 6.07) is 0. The van der Waals surface area contributed by atoms with Crippen molar-refractivity contribution in [2.75, 3.05) is 6.61 Å². The van der Waals surface area contributed by atoms with Crippen molar-refractivity contribution in [2.45, 2.75) is 50.2 Å². The van der Waals surface area contributed by atoms with Crippen molar-refractivity contribution in [3.8, 4) is 0 Å². The van der Waals surface area contributed by atoms with E-state index < -0.39 is 49.4 Å². The zero-order chi connectivity index (χ0) is 13.9. The molecule has 5 N–H and O–H groups in total. The van der Waals surface area contributed by atoms with E-state index in [2.05, 4.69) is 0 Å². The first-order valence-corrected chi connectivity index (χ1v) is 5.61. The molecule has 1 heterocycles. The molecule has 1 aliphatic rings. The van der Waals surface area contributed by atoms with Crippen LogP contribution in [0.5, 0.6) is 0 Å². The fourth-order valence-corrected chi connectivity index (χ4v) is 1.67. The molecule has 3 unspecified atom stereocenters. The number of carbonyl (C=O) groups is 1. The Bertz CT molecular complexity index is 281. The molecule has 106 valence electrons. The lowest BCUT2D eigenvalue weighted by molar-refractivity contribution is -0.310. The molecule has 0 bridgehead atoms. The van der Waals surface area contributed by atoms with Crippen molar-refractivity contribution in [1.29, 1.82) is 0 Å². The molecule has 1 rings (SSSR count). The van der Waals surface area contributed by atoms with Crippen LogP contribution in [0.25, 0.3) is 0 Å². The number of aliphatic carboxylic acids is 1. The van der Waals surface area contributed by atoms with Crippen molar-refractivity contribution in [1.82, 2.24) is 0 Å². The summed E-state index contributed by atoms with van der Waals surface area (Å²) in [4.78, 5) is 10.8. The summed E-state index contributed by atoms with van der Waals surface area (Å²) in [6.45, 7) is 0.984. The second-order valence-corrected chi connectivity index (χ2v) is 4.07. The number of hydrogen-bond donors (Lipinski definition) is 5. The summed E-state index contributed by atoms with van der Waals surface area (Å²) >= 11 is 0. The molecule has 0 spiro atoms. The summed E-state index contributed by atoms with van der Waals surface area (Å²) in [5, 5.41) is 46.3. The number of carboxylic acids is 1. The molecule has 0 aromatic rings. The summed E-state index contributed by atoms with van der Waals surface area (Å²) < 4.78 is 10.0. The predicted octanol–water partition coefficient (Wildman–Crippen LogP) is -2.33. The van der Waals surface area contributed by atoms with Crippen LogP contribution in [0.3, 0.4) is 0 Å².